The molecule has 0 unspecified atom stereocenters. The Labute approximate surface area is 156 Å². The molecule has 0 fully saturated rings. The number of phenolic OH excluding ortho intramolecular Hbond substituents is 1. The van der Waals surface area contributed by atoms with Crippen molar-refractivity contribution in [2.45, 2.75) is 52.4 Å². The van der Waals surface area contributed by atoms with E-state index in [1.165, 1.54) is 13.3 Å². The zero-order valence-corrected chi connectivity index (χ0v) is 17.4. The summed E-state index contributed by atoms with van der Waals surface area (Å²) in [4.78, 5) is 26.8. The van der Waals surface area contributed by atoms with Gasteiger partial charge in [-0.2, -0.15) is 0 Å². The third kappa shape index (κ3) is 4.87. The summed E-state index contributed by atoms with van der Waals surface area (Å²) in [6.07, 6.45) is 1.45. The number of Topliss-reactive ketones (excluding diaryl/α,β-unsaturated/α-hetero) is 1. The molecule has 0 bridgehead atoms. The number of benzene rings is 1. The monoisotopic (exact) mass is 361 g/mol. The van der Waals surface area contributed by atoms with Gasteiger partial charge in [-0.1, -0.05) is 41.5 Å². The molecule has 0 saturated heterocycles. The molecule has 0 aliphatic rings. The summed E-state index contributed by atoms with van der Waals surface area (Å²) < 4.78 is 4.77. The van der Waals surface area contributed by atoms with Crippen molar-refractivity contribution in [2.75, 3.05) is 21.2 Å². The third-order valence-electron chi connectivity index (χ3n) is 4.03. The number of hydrogen-bond acceptors (Lipinski definition) is 5. The number of rotatable bonds is 4. The van der Waals surface area contributed by atoms with Crippen LogP contribution in [0.25, 0.3) is 0 Å². The van der Waals surface area contributed by atoms with Crippen LogP contribution < -0.4 is 0 Å². The maximum Gasteiger partial charge on any atom is 0.343 e. The van der Waals surface area contributed by atoms with Gasteiger partial charge >= 0.3 is 5.97 Å². The minimum atomic E-state index is -0.689. The van der Waals surface area contributed by atoms with Gasteiger partial charge in [0, 0.05) is 37.0 Å². The van der Waals surface area contributed by atoms with Gasteiger partial charge in [0.2, 0.25) is 5.78 Å². The molecule has 1 aromatic rings. The van der Waals surface area contributed by atoms with Crippen LogP contribution in [-0.4, -0.2) is 43.0 Å². The normalized spacial score (nSPS) is 12.7. The Balaban J connectivity index is 3.71. The van der Waals surface area contributed by atoms with E-state index in [0.29, 0.717) is 16.7 Å². The molecule has 0 amide bonds. The lowest BCUT2D eigenvalue weighted by Crippen LogP contribution is -2.22. The lowest BCUT2D eigenvalue weighted by atomic mass is 9.77. The van der Waals surface area contributed by atoms with Crippen molar-refractivity contribution in [3.8, 4) is 5.75 Å². The van der Waals surface area contributed by atoms with Crippen LogP contribution in [0.1, 0.15) is 63.0 Å². The number of aromatic hydroxyl groups is 1. The Kier molecular flexibility index (Phi) is 6.29. The van der Waals surface area contributed by atoms with Gasteiger partial charge in [0.25, 0.3) is 0 Å². The first-order valence-corrected chi connectivity index (χ1v) is 8.59. The van der Waals surface area contributed by atoms with Crippen molar-refractivity contribution in [1.82, 2.24) is 4.90 Å². The summed E-state index contributed by atoms with van der Waals surface area (Å²) in [6.45, 7) is 11.8. The number of carbonyl (C=O) groups is 2. The Morgan fingerprint density at radius 1 is 1.00 bits per heavy atom. The van der Waals surface area contributed by atoms with Crippen molar-refractivity contribution in [2.24, 2.45) is 0 Å². The lowest BCUT2D eigenvalue weighted by Gasteiger charge is -2.28. The Morgan fingerprint density at radius 3 is 1.73 bits per heavy atom. The number of ether oxygens (including phenoxy) is 1. The fourth-order valence-electron chi connectivity index (χ4n) is 2.64. The summed E-state index contributed by atoms with van der Waals surface area (Å²) in [7, 11) is 4.71. The highest BCUT2D eigenvalue weighted by Gasteiger charge is 2.30. The van der Waals surface area contributed by atoms with E-state index in [9.17, 15) is 14.7 Å². The second-order valence-electron chi connectivity index (χ2n) is 8.75. The van der Waals surface area contributed by atoms with Crippen LogP contribution >= 0.6 is 0 Å². The number of esters is 1. The molecule has 0 aliphatic carbocycles. The average Bonchev–Trinajstić information content (AvgIpc) is 2.48. The number of phenols is 1. The standard InChI is InChI=1S/C21H31NO4/c1-20(2,3)15-10-13(11-16(18(15)24)21(4,5)6)17(23)14(12-22(7)8)19(25)26-9/h10-12,24H,1-9H3/b14-12-. The largest absolute Gasteiger partial charge is 0.507 e. The first-order chi connectivity index (χ1) is 11.7. The minimum Gasteiger partial charge on any atom is -0.507 e. The van der Waals surface area contributed by atoms with Crippen molar-refractivity contribution in [1.29, 1.82) is 0 Å². The van der Waals surface area contributed by atoms with E-state index in [0.717, 1.165) is 0 Å². The van der Waals surface area contributed by atoms with Gasteiger partial charge in [-0.25, -0.2) is 4.79 Å². The molecule has 26 heavy (non-hydrogen) atoms. The van der Waals surface area contributed by atoms with Gasteiger partial charge in [-0.3, -0.25) is 4.79 Å². The van der Waals surface area contributed by atoms with E-state index in [4.69, 9.17) is 4.74 Å². The van der Waals surface area contributed by atoms with Crippen LogP contribution in [0.15, 0.2) is 23.9 Å². The van der Waals surface area contributed by atoms with E-state index in [2.05, 4.69) is 0 Å². The van der Waals surface area contributed by atoms with Crippen LogP contribution in [-0.2, 0) is 20.4 Å². The molecule has 1 N–H and O–H groups in total. The zero-order chi connectivity index (χ0) is 20.4. The molecule has 0 aromatic heterocycles. The lowest BCUT2D eigenvalue weighted by molar-refractivity contribution is -0.135. The van der Waals surface area contributed by atoms with Gasteiger partial charge in [0.05, 0.1) is 7.11 Å². The third-order valence-corrected chi connectivity index (χ3v) is 4.03. The molecule has 0 aliphatic heterocycles. The summed E-state index contributed by atoms with van der Waals surface area (Å²) in [5.74, 6) is -0.925. The summed E-state index contributed by atoms with van der Waals surface area (Å²) >= 11 is 0. The number of hydrogen-bond donors (Lipinski definition) is 1. The number of methoxy groups -OCH3 is 1. The number of carbonyl (C=O) groups excluding carboxylic acids is 2. The second kappa shape index (κ2) is 7.52. The first-order valence-electron chi connectivity index (χ1n) is 8.59. The fourth-order valence-corrected chi connectivity index (χ4v) is 2.64. The van der Waals surface area contributed by atoms with Crippen LogP contribution in [0.2, 0.25) is 0 Å². The van der Waals surface area contributed by atoms with E-state index in [1.54, 1.807) is 31.1 Å². The highest BCUT2D eigenvalue weighted by molar-refractivity contribution is 6.24. The molecule has 0 atom stereocenters. The number of ketones is 1. The highest BCUT2D eigenvalue weighted by atomic mass is 16.5. The smallest absolute Gasteiger partial charge is 0.343 e. The highest BCUT2D eigenvalue weighted by Crippen LogP contribution is 2.40. The maximum absolute atomic E-state index is 13.1. The molecular weight excluding hydrogens is 330 g/mol. The van der Waals surface area contributed by atoms with Crippen molar-refractivity contribution < 1.29 is 19.4 Å². The van der Waals surface area contributed by atoms with Crippen molar-refractivity contribution >= 4 is 11.8 Å². The average molecular weight is 361 g/mol. The van der Waals surface area contributed by atoms with Crippen LogP contribution in [0.5, 0.6) is 5.75 Å². The molecule has 1 rings (SSSR count). The van der Waals surface area contributed by atoms with Gasteiger partial charge < -0.3 is 14.7 Å². The Bertz CT molecular complexity index is 696. The Morgan fingerprint density at radius 2 is 1.42 bits per heavy atom. The zero-order valence-electron chi connectivity index (χ0n) is 17.4. The van der Waals surface area contributed by atoms with E-state index in [1.807, 2.05) is 41.5 Å². The van der Waals surface area contributed by atoms with Crippen LogP contribution in [0, 0.1) is 0 Å². The molecule has 0 radical (unpaired) electrons. The van der Waals surface area contributed by atoms with Crippen molar-refractivity contribution in [3.63, 3.8) is 0 Å². The van der Waals surface area contributed by atoms with Gasteiger partial charge in [-0.05, 0) is 23.0 Å². The molecule has 0 heterocycles. The van der Waals surface area contributed by atoms with Crippen LogP contribution in [0.4, 0.5) is 0 Å². The second-order valence-corrected chi connectivity index (χ2v) is 8.75. The topological polar surface area (TPSA) is 66.8 Å². The minimum absolute atomic E-state index is 0.0529. The van der Waals surface area contributed by atoms with Gasteiger partial charge in [0.1, 0.15) is 11.3 Å². The SMILES string of the molecule is COC(=O)/C(=C\N(C)C)C(=O)c1cc(C(C)(C)C)c(O)c(C(C)(C)C)c1. The summed E-state index contributed by atoms with van der Waals surface area (Å²) in [5.41, 5.74) is 0.914. The molecule has 0 spiro atoms. The number of nitrogens with zero attached hydrogens (tertiary/aromatic N) is 1. The van der Waals surface area contributed by atoms with E-state index in [-0.39, 0.29) is 22.2 Å². The van der Waals surface area contributed by atoms with E-state index >= 15 is 0 Å². The van der Waals surface area contributed by atoms with Gasteiger partial charge in [0.15, 0.2) is 0 Å². The van der Waals surface area contributed by atoms with Crippen LogP contribution in [0.3, 0.4) is 0 Å². The predicted molar refractivity (Wildman–Crippen MR) is 104 cm³/mol. The van der Waals surface area contributed by atoms with Gasteiger partial charge in [-0.15, -0.1) is 0 Å². The molecule has 144 valence electrons. The predicted octanol–water partition coefficient (Wildman–Crippen LogP) is 3.79. The Hall–Kier alpha value is -2.30. The quantitative estimate of drug-likeness (QED) is 0.291. The molecule has 1 aromatic carbocycles. The molecule has 5 nitrogen and oxygen atoms in total. The summed E-state index contributed by atoms with van der Waals surface area (Å²) in [6, 6.07) is 3.33. The molecule has 5 heteroatoms. The summed E-state index contributed by atoms with van der Waals surface area (Å²) in [5, 5.41) is 10.8. The fraction of sp³-hybridized carbons (Fsp3) is 0.524. The maximum atomic E-state index is 13.1. The van der Waals surface area contributed by atoms with Crippen molar-refractivity contribution in [3.05, 3.63) is 40.6 Å². The first kappa shape index (κ1) is 21.7. The molecule has 0 saturated carbocycles. The van der Waals surface area contributed by atoms with E-state index < -0.39 is 11.8 Å². The molecular formula is C21H31NO4.